The standard InChI is InChI=1S/C55H89FN8O14S/c1-16-42-55(10,69)48(66)33(4)44(59-73-30-79-15)31(2)26-54(9,72-14)50(34(5)46(35(6)51(68)76-42)77-43-27-53(8,71-13)49(67)36(7)75-43)78-52-45(65)40(25-32(3)74-52)62(11)23-21-38-29-64(61-58-38)41(28-56)47(70-12)37-17-19-39(20-18-37)63-24-22-57-60-63/h17-20,22,24,29,31-36,40-43,45-50,52,65-67,69H,16,21,23,25-28,30H2,1-15H3/b59-44+/t31-,32-,33+,34+,35-,36+,40+,41-,42-,43+,45-,46+,47-,48-,49+,50-,52+,53-,54-,55-/m1/s1. The molecule has 0 aliphatic carbocycles. The zero-order valence-electron chi connectivity index (χ0n) is 48.7. The van der Waals surface area contributed by atoms with Crippen molar-refractivity contribution in [1.29, 1.82) is 0 Å². The van der Waals surface area contributed by atoms with Crippen molar-refractivity contribution in [3.05, 3.63) is 54.1 Å². The first kappa shape index (κ1) is 64.4. The van der Waals surface area contributed by atoms with Crippen LogP contribution in [0.1, 0.15) is 118 Å². The number of cyclic esters (lactones) is 1. The fourth-order valence-electron chi connectivity index (χ4n) is 11.9. The highest BCUT2D eigenvalue weighted by atomic mass is 32.2. The van der Waals surface area contributed by atoms with E-state index in [1.54, 1.807) is 65.0 Å². The molecular weight excluding hydrogens is 1050 g/mol. The number of hydrogen-bond donors (Lipinski definition) is 4. The topological polar surface area (TPSA) is 258 Å². The van der Waals surface area contributed by atoms with Crippen molar-refractivity contribution in [3.63, 3.8) is 0 Å². The molecule has 0 bridgehead atoms. The first-order valence-corrected chi connectivity index (χ1v) is 28.9. The number of nitrogens with zero attached hydrogens (tertiary/aromatic N) is 8. The van der Waals surface area contributed by atoms with Crippen molar-refractivity contribution in [1.82, 2.24) is 34.9 Å². The SMILES string of the molecule is CC[C@H]1OC(=O)[C@H](C)[C@@H](O[C@H]2C[C@@](C)(OC)[C@@H](O)[C@H](C)O2)[C@H](C)[C@@H](O[C@@H]2O[C@H](C)C[C@H](N(C)CCc3cn([C@H](CF)[C@H](OC)c4ccc(-n5ccnn5)cc4)nn3)[C@H]2O)[C@](C)(OC)C[C@@H](C)/C(=N\OCSC)[C@H](C)[C@@H](O)[C@]1(C)O. The van der Waals surface area contributed by atoms with E-state index >= 15 is 0 Å². The fraction of sp³-hybridized carbons (Fsp3) is 0.782. The van der Waals surface area contributed by atoms with Gasteiger partial charge in [-0.2, -0.15) is 0 Å². The number of ether oxygens (including phenoxy) is 8. The molecule has 2 aromatic heterocycles. The van der Waals surface area contributed by atoms with Crippen LogP contribution in [0.15, 0.2) is 48.0 Å². The van der Waals surface area contributed by atoms with Crippen LogP contribution in [-0.4, -0.2) is 205 Å². The Bertz CT molecular complexity index is 2380. The Morgan fingerprint density at radius 3 is 2.25 bits per heavy atom. The summed E-state index contributed by atoms with van der Waals surface area (Å²) >= 11 is 1.42. The predicted octanol–water partition coefficient (Wildman–Crippen LogP) is 5.25. The number of benzene rings is 1. The van der Waals surface area contributed by atoms with E-state index in [9.17, 15) is 29.6 Å². The molecular formula is C55H89FN8O14S. The van der Waals surface area contributed by atoms with E-state index in [1.807, 2.05) is 70.2 Å². The third-order valence-electron chi connectivity index (χ3n) is 16.8. The highest BCUT2D eigenvalue weighted by molar-refractivity contribution is 7.98. The Morgan fingerprint density at radius 1 is 0.949 bits per heavy atom. The molecule has 3 saturated heterocycles. The van der Waals surface area contributed by atoms with Crippen LogP contribution in [0.3, 0.4) is 0 Å². The molecule has 5 heterocycles. The number of aliphatic hydroxyl groups excluding tert-OH is 3. The van der Waals surface area contributed by atoms with Crippen LogP contribution in [0, 0.1) is 23.7 Å². The third-order valence-corrected chi connectivity index (χ3v) is 17.2. The molecule has 0 amide bonds. The number of aromatic nitrogens is 6. The average Bonchev–Trinajstić information content (AvgIpc) is 4.20. The second-order valence-electron chi connectivity index (χ2n) is 22.6. The molecule has 0 spiro atoms. The van der Waals surface area contributed by atoms with Gasteiger partial charge in [-0.25, -0.2) is 13.8 Å². The Morgan fingerprint density at radius 2 is 1.65 bits per heavy atom. The van der Waals surface area contributed by atoms with Crippen molar-refractivity contribution in [2.45, 2.75) is 198 Å². The Balaban J connectivity index is 1.31. The molecule has 1 aromatic carbocycles. The molecule has 3 aromatic rings. The number of esters is 1. The second kappa shape index (κ2) is 28.0. The van der Waals surface area contributed by atoms with Crippen LogP contribution in [0.25, 0.3) is 5.69 Å². The number of carbonyl (C=O) groups is 1. The number of hydrogen-bond acceptors (Lipinski definition) is 21. The van der Waals surface area contributed by atoms with Gasteiger partial charge >= 0.3 is 5.97 Å². The summed E-state index contributed by atoms with van der Waals surface area (Å²) in [6.07, 6.45) is -2.83. The normalized spacial score (nSPS) is 37.6. The Hall–Kier alpha value is -3.76. The molecule has 0 unspecified atom stereocenters. The van der Waals surface area contributed by atoms with E-state index in [2.05, 4.69) is 25.8 Å². The van der Waals surface area contributed by atoms with Crippen LogP contribution >= 0.6 is 11.8 Å². The summed E-state index contributed by atoms with van der Waals surface area (Å²) in [7, 11) is 6.48. The van der Waals surface area contributed by atoms with Crippen LogP contribution < -0.4 is 0 Å². The number of alkyl halides is 1. The number of thioether (sulfide) groups is 1. The summed E-state index contributed by atoms with van der Waals surface area (Å²) in [6, 6.07) is 6.12. The summed E-state index contributed by atoms with van der Waals surface area (Å²) in [5.74, 6) is -3.65. The van der Waals surface area contributed by atoms with Gasteiger partial charge in [0.05, 0.1) is 77.1 Å². The lowest BCUT2D eigenvalue weighted by Gasteiger charge is -2.50. The highest BCUT2D eigenvalue weighted by Gasteiger charge is 2.54. The summed E-state index contributed by atoms with van der Waals surface area (Å²) < 4.78 is 69.4. The van der Waals surface area contributed by atoms with Gasteiger partial charge in [0.1, 0.15) is 42.7 Å². The molecule has 446 valence electrons. The lowest BCUT2D eigenvalue weighted by atomic mass is 9.73. The maximum Gasteiger partial charge on any atom is 0.311 e. The molecule has 3 aliphatic rings. The molecule has 20 atom stereocenters. The summed E-state index contributed by atoms with van der Waals surface area (Å²) in [5, 5.41) is 69.1. The van der Waals surface area contributed by atoms with E-state index in [4.69, 9.17) is 42.7 Å². The molecule has 4 N–H and O–H groups in total. The number of halogens is 1. The van der Waals surface area contributed by atoms with Gasteiger partial charge in [-0.1, -0.05) is 55.4 Å². The lowest BCUT2D eigenvalue weighted by molar-refractivity contribution is -0.319. The van der Waals surface area contributed by atoms with Gasteiger partial charge < -0.3 is 68.1 Å². The van der Waals surface area contributed by atoms with Crippen molar-refractivity contribution < 1.29 is 72.3 Å². The first-order chi connectivity index (χ1) is 37.4. The number of aliphatic hydroxyl groups is 4. The monoisotopic (exact) mass is 1140 g/mol. The highest BCUT2D eigenvalue weighted by Crippen LogP contribution is 2.42. The minimum Gasteiger partial charge on any atom is -0.459 e. The van der Waals surface area contributed by atoms with Gasteiger partial charge in [-0.3, -0.25) is 4.79 Å². The first-order valence-electron chi connectivity index (χ1n) is 27.5. The minimum atomic E-state index is -1.95. The summed E-state index contributed by atoms with van der Waals surface area (Å²) in [5.41, 5.74) is -1.75. The zero-order valence-corrected chi connectivity index (χ0v) is 49.6. The largest absolute Gasteiger partial charge is 0.459 e. The minimum absolute atomic E-state index is 0.0907. The van der Waals surface area contributed by atoms with Gasteiger partial charge in [0.2, 0.25) is 0 Å². The van der Waals surface area contributed by atoms with E-state index in [0.29, 0.717) is 30.8 Å². The molecule has 22 nitrogen and oxygen atoms in total. The Kier molecular flexibility index (Phi) is 22.8. The van der Waals surface area contributed by atoms with Crippen LogP contribution in [0.4, 0.5) is 4.39 Å². The number of rotatable bonds is 20. The number of methoxy groups -OCH3 is 3. The van der Waals surface area contributed by atoms with E-state index < -0.39 is 133 Å². The van der Waals surface area contributed by atoms with Gasteiger partial charge in [0, 0.05) is 70.7 Å². The lowest BCUT2D eigenvalue weighted by Crippen LogP contribution is -2.61. The van der Waals surface area contributed by atoms with E-state index in [0.717, 1.165) is 11.3 Å². The van der Waals surface area contributed by atoms with E-state index in [-0.39, 0.29) is 25.2 Å². The maximum absolute atomic E-state index is 14.9. The summed E-state index contributed by atoms with van der Waals surface area (Å²) in [6.45, 7) is 17.3. The smallest absolute Gasteiger partial charge is 0.311 e. The average molecular weight is 1140 g/mol. The molecule has 24 heteroatoms. The predicted molar refractivity (Wildman–Crippen MR) is 292 cm³/mol. The van der Waals surface area contributed by atoms with Crippen LogP contribution in [0.2, 0.25) is 0 Å². The van der Waals surface area contributed by atoms with Crippen LogP contribution in [0.5, 0.6) is 0 Å². The summed E-state index contributed by atoms with van der Waals surface area (Å²) in [4.78, 5) is 22.5. The molecule has 3 aliphatic heterocycles. The van der Waals surface area contributed by atoms with Gasteiger partial charge in [0.25, 0.3) is 0 Å². The van der Waals surface area contributed by atoms with Crippen molar-refractivity contribution in [3.8, 4) is 5.69 Å². The Labute approximate surface area is 469 Å². The van der Waals surface area contributed by atoms with Crippen molar-refractivity contribution >= 4 is 23.4 Å². The maximum atomic E-state index is 14.9. The molecule has 0 radical (unpaired) electrons. The number of oxime groups is 1. The molecule has 6 rings (SSSR count). The number of likely N-dealkylation sites (N-methyl/N-ethyl adjacent to an activating group) is 1. The van der Waals surface area contributed by atoms with Crippen molar-refractivity contribution in [2.24, 2.45) is 28.8 Å². The second-order valence-corrected chi connectivity index (χ2v) is 23.4. The van der Waals surface area contributed by atoms with Crippen LogP contribution in [-0.2, 0) is 53.9 Å². The third kappa shape index (κ3) is 14.7. The zero-order chi connectivity index (χ0) is 58.1. The van der Waals surface area contributed by atoms with E-state index in [1.165, 1.54) is 37.6 Å². The van der Waals surface area contributed by atoms with Crippen molar-refractivity contribution in [2.75, 3.05) is 53.8 Å². The van der Waals surface area contributed by atoms with Gasteiger partial charge in [-0.15, -0.1) is 22.0 Å². The molecule has 3 fully saturated rings. The van der Waals surface area contributed by atoms with Gasteiger partial charge in [-0.05, 0) is 91.8 Å². The molecule has 0 saturated carbocycles. The number of carbonyl (C=O) groups excluding carboxylic acids is 1. The molecule has 79 heavy (non-hydrogen) atoms. The fourth-order valence-corrected chi connectivity index (χ4v) is 12.0. The quantitative estimate of drug-likeness (QED) is 0.0488. The van der Waals surface area contributed by atoms with Gasteiger partial charge in [0.15, 0.2) is 18.5 Å².